The minimum atomic E-state index is -0.168. The molecule has 0 spiro atoms. The Morgan fingerprint density at radius 1 is 1.06 bits per heavy atom. The lowest BCUT2D eigenvalue weighted by Crippen LogP contribution is -2.22. The highest BCUT2D eigenvalue weighted by Crippen LogP contribution is 2.34. The van der Waals surface area contributed by atoms with Crippen molar-refractivity contribution >= 4 is 39.2 Å². The average Bonchev–Trinajstić information content (AvgIpc) is 3.28. The zero-order chi connectivity index (χ0) is 23.8. The van der Waals surface area contributed by atoms with Gasteiger partial charge in [0.25, 0.3) is 5.56 Å². The fourth-order valence-electron chi connectivity index (χ4n) is 4.18. The third-order valence-electron chi connectivity index (χ3n) is 5.93. The molecule has 3 aromatic carbocycles. The predicted molar refractivity (Wildman–Crippen MR) is 136 cm³/mol. The number of aromatic nitrogens is 3. The molecule has 0 saturated heterocycles. The lowest BCUT2D eigenvalue weighted by Gasteiger charge is -2.18. The molecule has 2 aromatic heterocycles. The van der Waals surface area contributed by atoms with Gasteiger partial charge in [-0.05, 0) is 42.5 Å². The number of halogens is 1. The Bertz CT molecular complexity index is 1560. The largest absolute Gasteiger partial charge is 0.497 e. The number of aryl methyl sites for hydroxylation is 1. The molecule has 172 valence electrons. The van der Waals surface area contributed by atoms with Gasteiger partial charge in [-0.15, -0.1) is 0 Å². The number of H-pyrrole nitrogens is 1. The first-order chi connectivity index (χ1) is 16.5. The van der Waals surface area contributed by atoms with E-state index in [1.165, 1.54) is 0 Å². The summed E-state index contributed by atoms with van der Waals surface area (Å²) in [6, 6.07) is 18.8. The molecule has 5 aromatic rings. The molecule has 0 amide bonds. The van der Waals surface area contributed by atoms with Crippen molar-refractivity contribution in [2.24, 2.45) is 7.05 Å². The van der Waals surface area contributed by atoms with Gasteiger partial charge in [-0.25, -0.2) is 4.98 Å². The number of nitrogens with zero attached hydrogens (tertiary/aromatic N) is 2. The molecule has 0 aliphatic rings. The van der Waals surface area contributed by atoms with E-state index in [2.05, 4.69) is 10.3 Å². The molecular weight excluding hydrogens is 452 g/mol. The minimum Gasteiger partial charge on any atom is -0.497 e. The van der Waals surface area contributed by atoms with Gasteiger partial charge < -0.3 is 24.3 Å². The molecule has 0 radical (unpaired) electrons. The van der Waals surface area contributed by atoms with Crippen LogP contribution in [0.25, 0.3) is 33.3 Å². The van der Waals surface area contributed by atoms with Crippen LogP contribution in [0, 0.1) is 0 Å². The summed E-state index contributed by atoms with van der Waals surface area (Å²) in [6.07, 6.45) is 0. The number of pyridine rings is 1. The number of benzene rings is 3. The van der Waals surface area contributed by atoms with E-state index >= 15 is 0 Å². The maximum atomic E-state index is 13.6. The Balaban J connectivity index is 1.71. The molecule has 8 heteroatoms. The van der Waals surface area contributed by atoms with Crippen LogP contribution >= 0.6 is 11.6 Å². The molecular formula is C26H23ClN4O3. The number of fused-ring (bicyclic) bond motifs is 2. The summed E-state index contributed by atoms with van der Waals surface area (Å²) in [5.74, 6) is 1.88. The van der Waals surface area contributed by atoms with Crippen LogP contribution in [0.4, 0.5) is 5.69 Å². The first-order valence-corrected chi connectivity index (χ1v) is 11.1. The third-order valence-corrected chi connectivity index (χ3v) is 6.17. The number of methoxy groups -OCH3 is 2. The molecule has 0 fully saturated rings. The molecule has 7 nitrogen and oxygen atoms in total. The van der Waals surface area contributed by atoms with Crippen LogP contribution in [0.2, 0.25) is 5.02 Å². The molecule has 5 rings (SSSR count). The SMILES string of the molecule is COc1ccc(CNc2c(-c3nc4ccccc4[nH]3)c(=O)n(C)c3ccc(Cl)cc23)c(OC)c1. The molecule has 2 heterocycles. The van der Waals surface area contributed by atoms with Crippen molar-refractivity contribution in [1.82, 2.24) is 14.5 Å². The maximum Gasteiger partial charge on any atom is 0.263 e. The minimum absolute atomic E-state index is 0.168. The van der Waals surface area contributed by atoms with E-state index in [-0.39, 0.29) is 5.56 Å². The fourth-order valence-corrected chi connectivity index (χ4v) is 4.35. The van der Waals surface area contributed by atoms with Crippen LogP contribution in [0.5, 0.6) is 11.5 Å². The van der Waals surface area contributed by atoms with Gasteiger partial charge in [-0.3, -0.25) is 4.79 Å². The van der Waals surface area contributed by atoms with Gasteiger partial charge in [0.1, 0.15) is 22.9 Å². The van der Waals surface area contributed by atoms with Crippen molar-refractivity contribution in [2.45, 2.75) is 6.54 Å². The second kappa shape index (κ2) is 8.76. The number of imidazole rings is 1. The van der Waals surface area contributed by atoms with E-state index in [4.69, 9.17) is 26.1 Å². The van der Waals surface area contributed by atoms with Crippen LogP contribution in [0.15, 0.2) is 65.5 Å². The van der Waals surface area contributed by atoms with E-state index in [0.29, 0.717) is 40.1 Å². The van der Waals surface area contributed by atoms with E-state index < -0.39 is 0 Å². The van der Waals surface area contributed by atoms with Crippen molar-refractivity contribution in [1.29, 1.82) is 0 Å². The summed E-state index contributed by atoms with van der Waals surface area (Å²) in [5.41, 5.74) is 4.24. The van der Waals surface area contributed by atoms with Crippen molar-refractivity contribution in [3.05, 3.63) is 81.6 Å². The summed E-state index contributed by atoms with van der Waals surface area (Å²) in [7, 11) is 4.98. The van der Waals surface area contributed by atoms with Gasteiger partial charge >= 0.3 is 0 Å². The Hall–Kier alpha value is -3.97. The van der Waals surface area contributed by atoms with Crippen LogP contribution in [0.1, 0.15) is 5.56 Å². The topological polar surface area (TPSA) is 81.2 Å². The van der Waals surface area contributed by atoms with Gasteiger partial charge in [0, 0.05) is 35.6 Å². The number of aromatic amines is 1. The van der Waals surface area contributed by atoms with Gasteiger partial charge in [-0.1, -0.05) is 23.7 Å². The second-order valence-electron chi connectivity index (χ2n) is 7.91. The van der Waals surface area contributed by atoms with E-state index in [1.807, 2.05) is 54.6 Å². The molecule has 0 saturated carbocycles. The Morgan fingerprint density at radius 3 is 2.65 bits per heavy atom. The first-order valence-electron chi connectivity index (χ1n) is 10.7. The van der Waals surface area contributed by atoms with Gasteiger partial charge in [0.2, 0.25) is 0 Å². The zero-order valence-electron chi connectivity index (χ0n) is 19.0. The number of hydrogen-bond donors (Lipinski definition) is 2. The molecule has 34 heavy (non-hydrogen) atoms. The fraction of sp³-hybridized carbons (Fsp3) is 0.154. The van der Waals surface area contributed by atoms with E-state index in [1.54, 1.807) is 31.9 Å². The number of hydrogen-bond acceptors (Lipinski definition) is 5. The molecule has 0 unspecified atom stereocenters. The van der Waals surface area contributed by atoms with Crippen LogP contribution in [0.3, 0.4) is 0 Å². The first kappa shape index (κ1) is 21.9. The number of para-hydroxylation sites is 2. The number of ether oxygens (including phenoxy) is 2. The zero-order valence-corrected chi connectivity index (χ0v) is 19.7. The molecule has 0 bridgehead atoms. The summed E-state index contributed by atoms with van der Waals surface area (Å²) in [5, 5.41) is 4.86. The Labute approximate surface area is 200 Å². The van der Waals surface area contributed by atoms with Crippen LogP contribution in [-0.4, -0.2) is 28.8 Å². The highest BCUT2D eigenvalue weighted by Gasteiger charge is 2.20. The lowest BCUT2D eigenvalue weighted by molar-refractivity contribution is 0.391. The van der Waals surface area contributed by atoms with Crippen molar-refractivity contribution in [3.63, 3.8) is 0 Å². The van der Waals surface area contributed by atoms with E-state index in [9.17, 15) is 4.79 Å². The Kier molecular flexibility index (Phi) is 5.63. The van der Waals surface area contributed by atoms with Gasteiger partial charge in [0.15, 0.2) is 0 Å². The normalized spacial score (nSPS) is 11.2. The maximum absolute atomic E-state index is 13.6. The van der Waals surface area contributed by atoms with Crippen LogP contribution in [-0.2, 0) is 13.6 Å². The Morgan fingerprint density at radius 2 is 1.88 bits per heavy atom. The summed E-state index contributed by atoms with van der Waals surface area (Å²) >= 11 is 6.37. The highest BCUT2D eigenvalue weighted by molar-refractivity contribution is 6.31. The highest BCUT2D eigenvalue weighted by atomic mass is 35.5. The molecule has 0 atom stereocenters. The number of nitrogens with one attached hydrogen (secondary N) is 2. The average molecular weight is 475 g/mol. The van der Waals surface area contributed by atoms with E-state index in [0.717, 1.165) is 27.5 Å². The lowest BCUT2D eigenvalue weighted by atomic mass is 10.1. The van der Waals surface area contributed by atoms with Crippen molar-refractivity contribution < 1.29 is 9.47 Å². The number of rotatable bonds is 6. The molecule has 0 aliphatic heterocycles. The second-order valence-corrected chi connectivity index (χ2v) is 8.35. The van der Waals surface area contributed by atoms with Gasteiger partial charge in [0.05, 0.1) is 36.5 Å². The van der Waals surface area contributed by atoms with Gasteiger partial charge in [-0.2, -0.15) is 0 Å². The summed E-state index contributed by atoms with van der Waals surface area (Å²) in [6.45, 7) is 0.412. The summed E-state index contributed by atoms with van der Waals surface area (Å²) < 4.78 is 12.5. The number of anilines is 1. The quantitative estimate of drug-likeness (QED) is 0.346. The monoisotopic (exact) mass is 474 g/mol. The molecule has 2 N–H and O–H groups in total. The third kappa shape index (κ3) is 3.74. The van der Waals surface area contributed by atoms with Crippen molar-refractivity contribution in [3.8, 4) is 22.9 Å². The standard InChI is InChI=1S/C26H23ClN4O3/c1-31-21-11-9-16(27)12-18(21)24(28-14-15-8-10-17(33-2)13-22(15)34-3)23(26(31)32)25-29-19-6-4-5-7-20(19)30-25/h4-13,28H,14H2,1-3H3,(H,29,30). The smallest absolute Gasteiger partial charge is 0.263 e. The predicted octanol–water partition coefficient (Wildman–Crippen LogP) is 5.36. The van der Waals surface area contributed by atoms with Crippen LogP contribution < -0.4 is 20.3 Å². The molecule has 0 aliphatic carbocycles. The summed E-state index contributed by atoms with van der Waals surface area (Å²) in [4.78, 5) is 21.6. The van der Waals surface area contributed by atoms with Crippen molar-refractivity contribution in [2.75, 3.05) is 19.5 Å².